The summed E-state index contributed by atoms with van der Waals surface area (Å²) in [7, 11) is 4.02. The second kappa shape index (κ2) is 57.0. The zero-order chi connectivity index (χ0) is 96.9. The molecule has 2 amide bonds. The van der Waals surface area contributed by atoms with Crippen LogP contribution in [0.1, 0.15) is 126 Å². The van der Waals surface area contributed by atoms with Crippen molar-refractivity contribution in [3.63, 3.8) is 0 Å². The molecule has 1 fully saturated rings. The lowest BCUT2D eigenvalue weighted by atomic mass is 10.1. The highest BCUT2D eigenvalue weighted by Gasteiger charge is 2.36. The lowest BCUT2D eigenvalue weighted by Crippen LogP contribution is -2.38. The Morgan fingerprint density at radius 2 is 0.924 bits per heavy atom. The molecule has 42 heteroatoms. The molecule has 0 bridgehead atoms. The van der Waals surface area contributed by atoms with Gasteiger partial charge in [0.25, 0.3) is 17.0 Å². The number of rotatable bonds is 21. The normalized spacial score (nSPS) is 13.5. The number of Topliss-reactive ketones (excluding diaryl/α,β-unsaturated/α-hetero) is 1. The summed E-state index contributed by atoms with van der Waals surface area (Å²) < 4.78 is 45.9. The van der Waals surface area contributed by atoms with E-state index in [0.29, 0.717) is 96.9 Å². The summed E-state index contributed by atoms with van der Waals surface area (Å²) in [6.07, 6.45) is -0.734. The number of pyridine rings is 2. The highest BCUT2D eigenvalue weighted by atomic mass is 79.9. The topological polar surface area (TPSA) is 442 Å². The maximum Gasteiger partial charge on any atom is 0.347 e. The van der Waals surface area contributed by atoms with Crippen molar-refractivity contribution in [3.8, 4) is 22.9 Å². The summed E-state index contributed by atoms with van der Waals surface area (Å²) in [4.78, 5) is 165. The van der Waals surface area contributed by atoms with E-state index in [1.54, 1.807) is 158 Å². The smallest absolute Gasteiger partial charge is 0.347 e. The Hall–Kier alpha value is -8.88. The molecule has 7 heterocycles. The molecule has 710 valence electrons. The largest absolute Gasteiger partial charge is 0.507 e. The zero-order valence-corrected chi connectivity index (χ0v) is 85.6. The molecule has 12 rings (SSSR count). The third-order valence-electron chi connectivity index (χ3n) is 17.1. The predicted octanol–water partition coefficient (Wildman–Crippen LogP) is 16.0. The number of hydrogen-bond donors (Lipinski definition) is 6. The van der Waals surface area contributed by atoms with Crippen LogP contribution in [0.2, 0.25) is 0 Å². The van der Waals surface area contributed by atoms with Gasteiger partial charge in [-0.25, -0.2) is 14.4 Å². The fourth-order valence-electron chi connectivity index (χ4n) is 11.5. The number of nitrogens with zero attached hydrogens (tertiary/aromatic N) is 3. The summed E-state index contributed by atoms with van der Waals surface area (Å²) in [6.45, 7) is 15.7. The fourth-order valence-corrected chi connectivity index (χ4v) is 18.3. The molecule has 0 aliphatic carbocycles. The Balaban J connectivity index is 0.000000326. The van der Waals surface area contributed by atoms with Crippen LogP contribution in [0, 0.1) is 5.92 Å². The number of esters is 8. The maximum atomic E-state index is 13.2. The van der Waals surface area contributed by atoms with Crippen LogP contribution in [0.3, 0.4) is 0 Å². The Morgan fingerprint density at radius 1 is 0.504 bits per heavy atom. The van der Waals surface area contributed by atoms with Gasteiger partial charge in [0.05, 0.1) is 64.6 Å². The summed E-state index contributed by atoms with van der Waals surface area (Å²) in [5.74, 6) is -0.650. The first-order chi connectivity index (χ1) is 61.5. The van der Waals surface area contributed by atoms with Gasteiger partial charge in [0.1, 0.15) is 53.6 Å². The van der Waals surface area contributed by atoms with E-state index in [-0.39, 0.29) is 80.6 Å². The molecule has 1 unspecified atom stereocenters. The van der Waals surface area contributed by atoms with Crippen LogP contribution in [-0.2, 0) is 109 Å². The number of methoxy groups -OCH3 is 3. The molecular formula is C89H103Br5ClN7O24S5. The highest BCUT2D eigenvalue weighted by Crippen LogP contribution is 2.40. The molecule has 1 atom stereocenters. The fraction of sp³-hybridized carbons (Fsp3) is 0.371. The Labute approximate surface area is 827 Å². The first-order valence-corrected chi connectivity index (χ1v) is 49.4. The van der Waals surface area contributed by atoms with Crippen LogP contribution in [0.4, 0.5) is 17.1 Å². The van der Waals surface area contributed by atoms with E-state index in [0.717, 1.165) is 56.5 Å². The number of nitrogens with two attached hydrogens (primary N) is 2. The number of anilines is 3. The third kappa shape index (κ3) is 37.1. The number of nitrogen functional groups attached to an aromatic ring is 1. The number of carbonyl (C=O) groups is 12. The molecule has 0 spiro atoms. The standard InChI is InChI=1S/C20H21BrN2O5S.C17H18BrNO5S.C16H14BrNO4S.C12H12BrNO2S.C6H6BrN.C6H13NO2.C6H8O3S.C5H7ClO3.CH4/c1-20(2,3)28-15(24)8-22-18(26)16-17(25)13-9-29-10-14(13)23(19(16)27)12-6-4-11(21)5-7-12;1-3-24-16(21)8-15(20)19(12-6-4-11(18)5-7-12)14-10-25-9-13(14)17(22)23-2;1-2-22-16(21)13-14(19)11-7-23-8-12(11)18(15(13)20)10-5-3-9(17)4-6-10;1-16-12(15)10-6-17-7-11(10)14-9-4-2-8(13)3-5-9;7-5-1-3-6(8)4-2-5;1-6(2,3)9-5(8)4-7;1-9-6(8)4-2-10-3-5(4)7;1-2-9-5(8)3-4(6)7;/h4-7,25H,8-10H2,1-3H3,(H,22,26);4-7H,3,8-10H2,1-2H3;3-6,19H,2,7-8H2,1H3;2-5,14H,6-7H2,1H3;1-4H,8H2;4,7H2,1-3H3;4H,2-3H2,1H3;2-3H2,1H3;1H4. The van der Waals surface area contributed by atoms with Gasteiger partial charge in [-0.3, -0.25) is 66.8 Å². The average Bonchev–Trinajstić information content (AvgIpc) is 1.75. The molecule has 31 nitrogen and oxygen atoms in total. The minimum Gasteiger partial charge on any atom is -0.507 e. The Morgan fingerprint density at radius 3 is 1.35 bits per heavy atom. The van der Waals surface area contributed by atoms with Gasteiger partial charge in [-0.2, -0.15) is 58.8 Å². The van der Waals surface area contributed by atoms with E-state index in [4.69, 9.17) is 51.5 Å². The molecular weight excluding hydrogens is 2150 g/mol. The summed E-state index contributed by atoms with van der Waals surface area (Å²) in [5, 5.41) is 25.9. The van der Waals surface area contributed by atoms with E-state index in [1.165, 1.54) is 58.9 Å². The summed E-state index contributed by atoms with van der Waals surface area (Å²) in [5.41, 5.74) is 16.3. The van der Waals surface area contributed by atoms with Crippen molar-refractivity contribution in [1.29, 1.82) is 0 Å². The van der Waals surface area contributed by atoms with Crippen molar-refractivity contribution in [2.75, 3.05) is 105 Å². The van der Waals surface area contributed by atoms with Gasteiger partial charge in [-0.1, -0.05) is 87.1 Å². The molecule has 5 aromatic carbocycles. The summed E-state index contributed by atoms with van der Waals surface area (Å²) in [6, 6.07) is 36.8. The lowest BCUT2D eigenvalue weighted by Gasteiger charge is -2.24. The number of hydrogen-bond acceptors (Lipinski definition) is 32. The van der Waals surface area contributed by atoms with Crippen LogP contribution < -0.4 is 38.1 Å². The van der Waals surface area contributed by atoms with Crippen molar-refractivity contribution in [2.24, 2.45) is 11.7 Å². The number of ether oxygens (including phenoxy) is 8. The summed E-state index contributed by atoms with van der Waals surface area (Å²) >= 11 is 29.5. The highest BCUT2D eigenvalue weighted by molar-refractivity contribution is 9.11. The second-order valence-electron chi connectivity index (χ2n) is 28.9. The van der Waals surface area contributed by atoms with Gasteiger partial charge in [0.15, 0.2) is 11.3 Å². The number of aromatic hydroxyl groups is 2. The number of amides is 2. The Kier molecular flexibility index (Phi) is 49.8. The lowest BCUT2D eigenvalue weighted by molar-refractivity contribution is -0.154. The van der Waals surface area contributed by atoms with Gasteiger partial charge >= 0.3 is 47.8 Å². The third-order valence-corrected chi connectivity index (χ3v) is 24.9. The van der Waals surface area contributed by atoms with E-state index in [2.05, 4.69) is 99.8 Å². The van der Waals surface area contributed by atoms with Crippen molar-refractivity contribution < 1.29 is 106 Å². The molecule has 5 aliphatic rings. The molecule has 5 aliphatic heterocycles. The van der Waals surface area contributed by atoms with Gasteiger partial charge in [-0.05, 0) is 195 Å². The number of thioether (sulfide) groups is 5. The van der Waals surface area contributed by atoms with E-state index in [9.17, 15) is 77.3 Å². The maximum absolute atomic E-state index is 13.2. The molecule has 7 aromatic rings. The van der Waals surface area contributed by atoms with Crippen LogP contribution >= 0.6 is 150 Å². The first-order valence-electron chi connectivity index (χ1n) is 39.3. The number of nitrogens with one attached hydrogen (secondary N) is 2. The number of fused-ring (bicyclic) bond motifs is 2. The SMILES string of the molecule is C.CC(C)(C)OC(=O)CN.CC(C)(C)OC(=O)CNC(=O)c1c(O)c2c(n(-c3ccc(Br)cc3)c1=O)CSC2.CCOC(=O)CC(=O)Cl.CCOC(=O)CC(=O)N(C1=C(C(=O)OC)CSC1)c1ccc(Br)cc1.CCOC(=O)c1c(O)c2c(n(-c3ccc(Br)cc3)c1=O)CSC2.COC(=O)C1=C(Nc2ccc(Br)cc2)CSC1.COC(=O)C1CSCC1=O.Nc1ccc(Br)cc1. The average molecular weight is 2250 g/mol. The van der Waals surface area contributed by atoms with Crippen LogP contribution in [0.25, 0.3) is 11.4 Å². The van der Waals surface area contributed by atoms with Crippen molar-refractivity contribution in [2.45, 2.75) is 117 Å². The van der Waals surface area contributed by atoms with Crippen molar-refractivity contribution in [1.82, 2.24) is 14.5 Å². The van der Waals surface area contributed by atoms with E-state index >= 15 is 0 Å². The van der Waals surface area contributed by atoms with Crippen LogP contribution in [-0.4, -0.2) is 190 Å². The molecule has 0 radical (unpaired) electrons. The number of aromatic nitrogens is 2. The van der Waals surface area contributed by atoms with Gasteiger partial charge in [0.2, 0.25) is 11.1 Å². The number of benzene rings is 5. The number of halogens is 6. The minimum absolute atomic E-state index is 0. The first kappa shape index (κ1) is 114. The zero-order valence-electron chi connectivity index (χ0n) is 72.8. The van der Waals surface area contributed by atoms with Crippen LogP contribution in [0.15, 0.2) is 176 Å². The number of ketones is 1. The second-order valence-corrected chi connectivity index (χ2v) is 38.9. The van der Waals surface area contributed by atoms with Crippen molar-refractivity contribution in [3.05, 3.63) is 221 Å². The van der Waals surface area contributed by atoms with E-state index < -0.39 is 94.1 Å². The quantitative estimate of drug-likeness (QED) is 0.0128. The number of carbonyl (C=O) groups excluding carboxylic acids is 12. The molecule has 1 saturated heterocycles. The van der Waals surface area contributed by atoms with Crippen molar-refractivity contribution >= 4 is 238 Å². The predicted molar refractivity (Wildman–Crippen MR) is 530 cm³/mol. The van der Waals surface area contributed by atoms with Crippen LogP contribution in [0.5, 0.6) is 11.5 Å². The molecule has 2 aromatic heterocycles. The molecule has 131 heavy (non-hydrogen) atoms. The van der Waals surface area contributed by atoms with Gasteiger partial charge in [0, 0.05) is 136 Å². The van der Waals surface area contributed by atoms with E-state index in [1.807, 2.05) is 60.7 Å². The Bertz CT molecular complexity index is 5350. The van der Waals surface area contributed by atoms with Gasteiger partial charge in [-0.15, -0.1) is 0 Å². The minimum atomic E-state index is -0.816. The molecule has 8 N–H and O–H groups in total. The molecule has 0 saturated carbocycles. The van der Waals surface area contributed by atoms with Gasteiger partial charge < -0.3 is 70.2 Å². The monoisotopic (exact) mass is 2240 g/mol.